The summed E-state index contributed by atoms with van der Waals surface area (Å²) in [5.74, 6) is 0.625. The molecular weight excluding hydrogens is 326 g/mol. The number of carbonyl (C=O) groups is 1. The maximum Gasteiger partial charge on any atom is 0.263 e. The predicted octanol–water partition coefficient (Wildman–Crippen LogP) is 4.06. The minimum Gasteiger partial charge on any atom is -0.489 e. The first-order valence-corrected chi connectivity index (χ1v) is 8.36. The molecule has 0 spiro atoms. The Morgan fingerprint density at radius 1 is 1.22 bits per heavy atom. The summed E-state index contributed by atoms with van der Waals surface area (Å²) in [6, 6.07) is 15.8. The molecular formula is C18H15NO2S2. The van der Waals surface area contributed by atoms with E-state index in [-0.39, 0.29) is 5.91 Å². The van der Waals surface area contributed by atoms with E-state index in [1.807, 2.05) is 42.5 Å². The summed E-state index contributed by atoms with van der Waals surface area (Å²) in [7, 11) is 0. The van der Waals surface area contributed by atoms with Gasteiger partial charge in [-0.15, -0.1) is 0 Å². The first kappa shape index (κ1) is 15.8. The number of aryl methyl sites for hydroxylation is 1. The van der Waals surface area contributed by atoms with Crippen molar-refractivity contribution in [1.82, 2.24) is 5.32 Å². The molecule has 1 amide bonds. The van der Waals surface area contributed by atoms with Crippen LogP contribution >= 0.6 is 24.0 Å². The topological polar surface area (TPSA) is 38.3 Å². The van der Waals surface area contributed by atoms with Crippen molar-refractivity contribution >= 4 is 40.3 Å². The van der Waals surface area contributed by atoms with E-state index < -0.39 is 0 Å². The molecule has 1 saturated heterocycles. The van der Waals surface area contributed by atoms with Crippen LogP contribution in [0.25, 0.3) is 6.08 Å². The van der Waals surface area contributed by atoms with Crippen LogP contribution in [0.5, 0.6) is 5.75 Å². The van der Waals surface area contributed by atoms with Gasteiger partial charge in [-0.2, -0.15) is 0 Å². The normalized spacial score (nSPS) is 15.8. The van der Waals surface area contributed by atoms with Crippen molar-refractivity contribution < 1.29 is 9.53 Å². The Kier molecular flexibility index (Phi) is 4.79. The van der Waals surface area contributed by atoms with Gasteiger partial charge < -0.3 is 10.1 Å². The molecule has 0 radical (unpaired) electrons. The molecule has 2 aromatic carbocycles. The molecule has 23 heavy (non-hydrogen) atoms. The monoisotopic (exact) mass is 341 g/mol. The first-order chi connectivity index (χ1) is 11.1. The predicted molar refractivity (Wildman–Crippen MR) is 98.3 cm³/mol. The van der Waals surface area contributed by atoms with E-state index >= 15 is 0 Å². The lowest BCUT2D eigenvalue weighted by atomic mass is 10.1. The molecule has 0 bridgehead atoms. The van der Waals surface area contributed by atoms with Crippen LogP contribution in [0.15, 0.2) is 53.4 Å². The highest BCUT2D eigenvalue weighted by molar-refractivity contribution is 8.26. The van der Waals surface area contributed by atoms with Crippen molar-refractivity contribution in [3.05, 3.63) is 70.1 Å². The van der Waals surface area contributed by atoms with E-state index in [2.05, 4.69) is 24.4 Å². The van der Waals surface area contributed by atoms with Gasteiger partial charge in [-0.05, 0) is 41.8 Å². The van der Waals surface area contributed by atoms with Crippen LogP contribution in [0, 0.1) is 6.92 Å². The molecule has 2 aromatic rings. The van der Waals surface area contributed by atoms with Crippen LogP contribution < -0.4 is 10.1 Å². The first-order valence-electron chi connectivity index (χ1n) is 7.14. The Bertz CT molecular complexity index is 799. The number of thiocarbonyl (C=S) groups is 1. The Balaban J connectivity index is 1.73. The number of benzene rings is 2. The summed E-state index contributed by atoms with van der Waals surface area (Å²) >= 11 is 6.27. The van der Waals surface area contributed by atoms with Crippen LogP contribution in [-0.4, -0.2) is 10.2 Å². The van der Waals surface area contributed by atoms with Gasteiger partial charge in [-0.25, -0.2) is 0 Å². The second-order valence-corrected chi connectivity index (χ2v) is 6.86. The quantitative estimate of drug-likeness (QED) is 0.672. The second kappa shape index (κ2) is 6.98. The zero-order chi connectivity index (χ0) is 16.2. The van der Waals surface area contributed by atoms with E-state index in [4.69, 9.17) is 17.0 Å². The third-order valence-corrected chi connectivity index (χ3v) is 4.62. The van der Waals surface area contributed by atoms with Crippen LogP contribution in [0.4, 0.5) is 0 Å². The molecule has 3 rings (SSSR count). The molecule has 5 heteroatoms. The molecule has 1 aliphatic heterocycles. The van der Waals surface area contributed by atoms with Gasteiger partial charge in [0.15, 0.2) is 0 Å². The second-order valence-electron chi connectivity index (χ2n) is 5.14. The third-order valence-electron chi connectivity index (χ3n) is 3.45. The summed E-state index contributed by atoms with van der Waals surface area (Å²) in [6.45, 7) is 2.59. The van der Waals surface area contributed by atoms with Crippen LogP contribution in [0.2, 0.25) is 0 Å². The number of hydrogen-bond donors (Lipinski definition) is 1. The van der Waals surface area contributed by atoms with Gasteiger partial charge in [0.25, 0.3) is 5.91 Å². The number of thioether (sulfide) groups is 1. The van der Waals surface area contributed by atoms with Crippen LogP contribution in [0.1, 0.15) is 16.7 Å². The van der Waals surface area contributed by atoms with Crippen molar-refractivity contribution in [3.8, 4) is 5.75 Å². The molecule has 0 saturated carbocycles. The molecule has 116 valence electrons. The summed E-state index contributed by atoms with van der Waals surface area (Å²) < 4.78 is 6.36. The lowest BCUT2D eigenvalue weighted by Crippen LogP contribution is -2.17. The lowest BCUT2D eigenvalue weighted by Gasteiger charge is -2.09. The van der Waals surface area contributed by atoms with Gasteiger partial charge >= 0.3 is 0 Å². The largest absolute Gasteiger partial charge is 0.489 e. The lowest BCUT2D eigenvalue weighted by molar-refractivity contribution is -0.115. The summed E-state index contributed by atoms with van der Waals surface area (Å²) in [6.07, 6.45) is 1.82. The fourth-order valence-corrected chi connectivity index (χ4v) is 3.24. The number of nitrogens with one attached hydrogen (secondary N) is 1. The van der Waals surface area contributed by atoms with E-state index in [9.17, 15) is 4.79 Å². The van der Waals surface area contributed by atoms with Crippen molar-refractivity contribution in [1.29, 1.82) is 0 Å². The van der Waals surface area contributed by atoms with Crippen LogP contribution in [-0.2, 0) is 11.4 Å². The third kappa shape index (κ3) is 4.00. The van der Waals surface area contributed by atoms with Gasteiger partial charge in [0.1, 0.15) is 16.7 Å². The molecule has 1 fully saturated rings. The van der Waals surface area contributed by atoms with Crippen LogP contribution in [0.3, 0.4) is 0 Å². The van der Waals surface area contributed by atoms with Gasteiger partial charge in [0.2, 0.25) is 0 Å². The minimum atomic E-state index is -0.147. The van der Waals surface area contributed by atoms with Gasteiger partial charge in [0, 0.05) is 0 Å². The summed E-state index contributed by atoms with van der Waals surface area (Å²) in [4.78, 5) is 12.3. The highest BCUT2D eigenvalue weighted by Gasteiger charge is 2.21. The zero-order valence-corrected chi connectivity index (χ0v) is 14.2. The maximum absolute atomic E-state index is 11.7. The van der Waals surface area contributed by atoms with Crippen molar-refractivity contribution in [2.75, 3.05) is 0 Å². The Morgan fingerprint density at radius 2 is 2.04 bits per heavy atom. The minimum absolute atomic E-state index is 0.147. The van der Waals surface area contributed by atoms with Gasteiger partial charge in [0.05, 0.1) is 4.91 Å². The molecule has 0 aliphatic carbocycles. The molecule has 0 aromatic heterocycles. The Hall–Kier alpha value is -2.11. The molecule has 1 heterocycles. The SMILES string of the molecule is Cc1ccccc1COc1cccc(/C=C2\SC(=S)NC2=O)c1. The number of carbonyl (C=O) groups excluding carboxylic acids is 1. The molecule has 3 nitrogen and oxygen atoms in total. The summed E-state index contributed by atoms with van der Waals surface area (Å²) in [5.41, 5.74) is 3.28. The molecule has 0 atom stereocenters. The van der Waals surface area contributed by atoms with Gasteiger partial charge in [-0.3, -0.25) is 4.79 Å². The van der Waals surface area contributed by atoms with E-state index in [0.717, 1.165) is 16.9 Å². The molecule has 1 aliphatic rings. The maximum atomic E-state index is 11.7. The van der Waals surface area contributed by atoms with E-state index in [0.29, 0.717) is 15.8 Å². The number of ether oxygens (including phenoxy) is 1. The summed E-state index contributed by atoms with van der Waals surface area (Å²) in [5, 5.41) is 2.61. The van der Waals surface area contributed by atoms with E-state index in [1.54, 1.807) is 0 Å². The average molecular weight is 341 g/mol. The molecule has 1 N–H and O–H groups in total. The van der Waals surface area contributed by atoms with E-state index in [1.165, 1.54) is 17.3 Å². The van der Waals surface area contributed by atoms with Crippen molar-refractivity contribution in [3.63, 3.8) is 0 Å². The highest BCUT2D eigenvalue weighted by Crippen LogP contribution is 2.27. The standard InChI is InChI=1S/C18H15NO2S2/c1-12-5-2-3-7-14(12)11-21-15-8-4-6-13(9-15)10-16-17(20)19-18(22)23-16/h2-10H,11H2,1H3,(H,19,20,22)/b16-10-. The number of hydrogen-bond acceptors (Lipinski definition) is 4. The number of rotatable bonds is 4. The smallest absolute Gasteiger partial charge is 0.263 e. The zero-order valence-electron chi connectivity index (χ0n) is 12.5. The number of amides is 1. The Labute approximate surface area is 144 Å². The molecule has 0 unspecified atom stereocenters. The fraction of sp³-hybridized carbons (Fsp3) is 0.111. The van der Waals surface area contributed by atoms with Crippen molar-refractivity contribution in [2.24, 2.45) is 0 Å². The van der Waals surface area contributed by atoms with Crippen molar-refractivity contribution in [2.45, 2.75) is 13.5 Å². The average Bonchev–Trinajstić information content (AvgIpc) is 2.84. The fourth-order valence-electron chi connectivity index (χ4n) is 2.20. The van der Waals surface area contributed by atoms with Gasteiger partial charge in [-0.1, -0.05) is 60.4 Å². The highest BCUT2D eigenvalue weighted by atomic mass is 32.2. The Morgan fingerprint density at radius 3 is 2.78 bits per heavy atom.